The fraction of sp³-hybridized carbons (Fsp3) is 0.391. The van der Waals surface area contributed by atoms with Gasteiger partial charge >= 0.3 is 0 Å². The highest BCUT2D eigenvalue weighted by molar-refractivity contribution is 5.97. The van der Waals surface area contributed by atoms with Gasteiger partial charge < -0.3 is 15.1 Å². The lowest BCUT2D eigenvalue weighted by molar-refractivity contribution is -0.115. The number of nitrogens with zero attached hydrogens (tertiary/aromatic N) is 2. The van der Waals surface area contributed by atoms with E-state index < -0.39 is 0 Å². The predicted molar refractivity (Wildman–Crippen MR) is 112 cm³/mol. The van der Waals surface area contributed by atoms with Gasteiger partial charge in [0.1, 0.15) is 0 Å². The Labute approximate surface area is 166 Å². The zero-order valence-electron chi connectivity index (χ0n) is 16.2. The molecule has 1 fully saturated rings. The molecule has 0 atom stereocenters. The lowest BCUT2D eigenvalue weighted by Crippen LogP contribution is -2.36. The first-order chi connectivity index (χ1) is 13.7. The van der Waals surface area contributed by atoms with Gasteiger partial charge in [-0.05, 0) is 68.0 Å². The molecule has 146 valence electrons. The number of nitrogens with one attached hydrogen (secondary N) is 1. The van der Waals surface area contributed by atoms with Gasteiger partial charge in [-0.25, -0.2) is 0 Å². The molecule has 0 radical (unpaired) electrons. The van der Waals surface area contributed by atoms with Gasteiger partial charge in [0.25, 0.3) is 5.91 Å². The SMILES string of the molecule is O=C(CN1CCCc2ccccc21)Nc1ccc(C(=O)N2CCCCC2)cc1. The Bertz CT molecular complexity index is 841. The van der Waals surface area contributed by atoms with Crippen molar-refractivity contribution in [1.82, 2.24) is 4.90 Å². The average molecular weight is 377 g/mol. The van der Waals surface area contributed by atoms with Crippen LogP contribution in [0.1, 0.15) is 41.6 Å². The van der Waals surface area contributed by atoms with Gasteiger partial charge in [-0.3, -0.25) is 9.59 Å². The summed E-state index contributed by atoms with van der Waals surface area (Å²) in [5, 5.41) is 2.96. The van der Waals surface area contributed by atoms with Gasteiger partial charge in [-0.1, -0.05) is 18.2 Å². The molecule has 0 saturated carbocycles. The number of benzene rings is 2. The van der Waals surface area contributed by atoms with Crippen LogP contribution in [0.3, 0.4) is 0 Å². The molecule has 0 aliphatic carbocycles. The van der Waals surface area contributed by atoms with E-state index in [2.05, 4.69) is 28.4 Å². The minimum Gasteiger partial charge on any atom is -0.362 e. The summed E-state index contributed by atoms with van der Waals surface area (Å²) in [6.45, 7) is 2.92. The number of fused-ring (bicyclic) bond motifs is 1. The van der Waals surface area contributed by atoms with Crippen LogP contribution >= 0.6 is 0 Å². The summed E-state index contributed by atoms with van der Waals surface area (Å²) in [7, 11) is 0. The summed E-state index contributed by atoms with van der Waals surface area (Å²) < 4.78 is 0. The third-order valence-corrected chi connectivity index (χ3v) is 5.60. The molecule has 5 heteroatoms. The summed E-state index contributed by atoms with van der Waals surface area (Å²) in [6.07, 6.45) is 5.51. The van der Waals surface area contributed by atoms with Crippen LogP contribution in [0.25, 0.3) is 0 Å². The molecule has 2 amide bonds. The Kier molecular flexibility index (Phi) is 5.60. The number of amides is 2. The number of anilines is 2. The van der Waals surface area contributed by atoms with Gasteiger partial charge in [0.15, 0.2) is 0 Å². The number of hydrogen-bond donors (Lipinski definition) is 1. The number of carbonyl (C=O) groups is 2. The molecule has 2 aromatic rings. The molecular formula is C23H27N3O2. The van der Waals surface area contributed by atoms with E-state index in [-0.39, 0.29) is 11.8 Å². The van der Waals surface area contributed by atoms with E-state index in [0.717, 1.165) is 56.7 Å². The van der Waals surface area contributed by atoms with Crippen LogP contribution in [0, 0.1) is 0 Å². The van der Waals surface area contributed by atoms with Crippen LogP contribution in [0.2, 0.25) is 0 Å². The molecular weight excluding hydrogens is 350 g/mol. The van der Waals surface area contributed by atoms with Crippen LogP contribution in [-0.2, 0) is 11.2 Å². The molecule has 5 nitrogen and oxygen atoms in total. The van der Waals surface area contributed by atoms with Crippen molar-refractivity contribution in [3.05, 3.63) is 59.7 Å². The van der Waals surface area contributed by atoms with E-state index in [0.29, 0.717) is 12.1 Å². The molecule has 28 heavy (non-hydrogen) atoms. The molecule has 2 aliphatic heterocycles. The molecule has 0 bridgehead atoms. The number of carbonyl (C=O) groups excluding carboxylic acids is 2. The highest BCUT2D eigenvalue weighted by Crippen LogP contribution is 2.26. The highest BCUT2D eigenvalue weighted by Gasteiger charge is 2.20. The molecule has 2 aliphatic rings. The van der Waals surface area contributed by atoms with Crippen molar-refractivity contribution in [1.29, 1.82) is 0 Å². The maximum absolute atomic E-state index is 12.5. The minimum atomic E-state index is -0.0354. The summed E-state index contributed by atoms with van der Waals surface area (Å²) >= 11 is 0. The smallest absolute Gasteiger partial charge is 0.253 e. The van der Waals surface area contributed by atoms with Crippen molar-refractivity contribution < 1.29 is 9.59 Å². The molecule has 0 unspecified atom stereocenters. The Morgan fingerprint density at radius 1 is 0.857 bits per heavy atom. The number of para-hydroxylation sites is 1. The number of piperidine rings is 1. The third kappa shape index (κ3) is 4.19. The Balaban J connectivity index is 1.36. The normalized spacial score (nSPS) is 16.4. The van der Waals surface area contributed by atoms with E-state index in [1.165, 1.54) is 12.0 Å². The van der Waals surface area contributed by atoms with Crippen molar-refractivity contribution >= 4 is 23.2 Å². The fourth-order valence-electron chi connectivity index (χ4n) is 4.13. The van der Waals surface area contributed by atoms with Gasteiger partial charge in [0, 0.05) is 36.6 Å². The molecule has 0 spiro atoms. The first-order valence-electron chi connectivity index (χ1n) is 10.2. The largest absolute Gasteiger partial charge is 0.362 e. The molecule has 1 N–H and O–H groups in total. The van der Waals surface area contributed by atoms with Crippen LogP contribution in [0.5, 0.6) is 0 Å². The summed E-state index contributed by atoms with van der Waals surface area (Å²) in [5.41, 5.74) is 3.88. The van der Waals surface area contributed by atoms with E-state index in [1.807, 2.05) is 35.2 Å². The molecule has 0 aromatic heterocycles. The second-order valence-electron chi connectivity index (χ2n) is 7.63. The first-order valence-corrected chi connectivity index (χ1v) is 10.2. The van der Waals surface area contributed by atoms with Gasteiger partial charge in [-0.2, -0.15) is 0 Å². The van der Waals surface area contributed by atoms with E-state index in [4.69, 9.17) is 0 Å². The molecule has 2 heterocycles. The van der Waals surface area contributed by atoms with Crippen LogP contribution in [0.15, 0.2) is 48.5 Å². The summed E-state index contributed by atoms with van der Waals surface area (Å²) in [5.74, 6) is 0.0503. The van der Waals surface area contributed by atoms with Crippen molar-refractivity contribution in [2.24, 2.45) is 0 Å². The number of likely N-dealkylation sites (tertiary alicyclic amines) is 1. The van der Waals surface area contributed by atoms with Crippen molar-refractivity contribution in [2.45, 2.75) is 32.1 Å². The number of aryl methyl sites for hydroxylation is 1. The summed E-state index contributed by atoms with van der Waals surface area (Å²) in [4.78, 5) is 29.1. The molecule has 2 aromatic carbocycles. The van der Waals surface area contributed by atoms with Crippen LogP contribution in [-0.4, -0.2) is 42.9 Å². The zero-order chi connectivity index (χ0) is 19.3. The van der Waals surface area contributed by atoms with Crippen molar-refractivity contribution in [2.75, 3.05) is 36.4 Å². The molecule has 4 rings (SSSR count). The Hall–Kier alpha value is -2.82. The monoisotopic (exact) mass is 377 g/mol. The molecule has 1 saturated heterocycles. The first kappa shape index (κ1) is 18.5. The van der Waals surface area contributed by atoms with E-state index >= 15 is 0 Å². The highest BCUT2D eigenvalue weighted by atomic mass is 16.2. The second-order valence-corrected chi connectivity index (χ2v) is 7.63. The standard InChI is InChI=1S/C23H27N3O2/c27-22(17-26-16-6-8-18-7-2-3-9-21(18)26)24-20-12-10-19(11-13-20)23(28)25-14-4-1-5-15-25/h2-3,7,9-13H,1,4-6,8,14-17H2,(H,24,27). The topological polar surface area (TPSA) is 52.7 Å². The van der Waals surface area contributed by atoms with Gasteiger partial charge in [0.05, 0.1) is 6.54 Å². The van der Waals surface area contributed by atoms with E-state index in [1.54, 1.807) is 0 Å². The van der Waals surface area contributed by atoms with Crippen LogP contribution < -0.4 is 10.2 Å². The third-order valence-electron chi connectivity index (χ3n) is 5.60. The maximum atomic E-state index is 12.5. The van der Waals surface area contributed by atoms with Crippen molar-refractivity contribution in [3.63, 3.8) is 0 Å². The quantitative estimate of drug-likeness (QED) is 0.884. The van der Waals surface area contributed by atoms with Crippen LogP contribution in [0.4, 0.5) is 11.4 Å². The maximum Gasteiger partial charge on any atom is 0.253 e. The number of rotatable bonds is 4. The number of hydrogen-bond acceptors (Lipinski definition) is 3. The zero-order valence-corrected chi connectivity index (χ0v) is 16.2. The lowest BCUT2D eigenvalue weighted by Gasteiger charge is -2.30. The minimum absolute atomic E-state index is 0.0354. The van der Waals surface area contributed by atoms with Crippen molar-refractivity contribution in [3.8, 4) is 0 Å². The average Bonchev–Trinajstić information content (AvgIpc) is 2.75. The predicted octanol–water partition coefficient (Wildman–Crippen LogP) is 3.70. The summed E-state index contributed by atoms with van der Waals surface area (Å²) in [6, 6.07) is 15.5. The Morgan fingerprint density at radius 2 is 1.61 bits per heavy atom. The van der Waals surface area contributed by atoms with Gasteiger partial charge in [-0.15, -0.1) is 0 Å². The second kappa shape index (κ2) is 8.46. The Morgan fingerprint density at radius 3 is 2.39 bits per heavy atom. The van der Waals surface area contributed by atoms with E-state index in [9.17, 15) is 9.59 Å². The fourth-order valence-corrected chi connectivity index (χ4v) is 4.13. The van der Waals surface area contributed by atoms with Gasteiger partial charge in [0.2, 0.25) is 5.91 Å². The lowest BCUT2D eigenvalue weighted by atomic mass is 10.0.